The first-order valence-electron chi connectivity index (χ1n) is 7.32. The summed E-state index contributed by atoms with van der Waals surface area (Å²) in [5.41, 5.74) is 1.69. The third-order valence-corrected chi connectivity index (χ3v) is 3.70. The number of nitrogens with zero attached hydrogens (tertiary/aromatic N) is 3. The van der Waals surface area contributed by atoms with Crippen LogP contribution in [0, 0.1) is 0 Å². The van der Waals surface area contributed by atoms with Crippen molar-refractivity contribution in [2.24, 2.45) is 0 Å². The molecule has 1 heterocycles. The SMILES string of the molecule is COc1ccc(-c2cnnn2-c2cc(O)cc(OC)c2OC)cc1O. The fourth-order valence-electron chi connectivity index (χ4n) is 2.55. The third kappa shape index (κ3) is 2.89. The summed E-state index contributed by atoms with van der Waals surface area (Å²) in [6.45, 7) is 0. The van der Waals surface area contributed by atoms with Gasteiger partial charge in [-0.25, -0.2) is 4.68 Å². The fraction of sp³-hybridized carbons (Fsp3) is 0.176. The van der Waals surface area contributed by atoms with Crippen molar-refractivity contribution in [1.82, 2.24) is 15.0 Å². The summed E-state index contributed by atoms with van der Waals surface area (Å²) in [6.07, 6.45) is 1.54. The van der Waals surface area contributed by atoms with Crippen LogP contribution in [0.1, 0.15) is 0 Å². The molecule has 3 rings (SSSR count). The van der Waals surface area contributed by atoms with Crippen molar-refractivity contribution in [3.05, 3.63) is 36.5 Å². The van der Waals surface area contributed by atoms with Crippen molar-refractivity contribution in [1.29, 1.82) is 0 Å². The molecule has 2 N–H and O–H groups in total. The average molecular weight is 343 g/mol. The van der Waals surface area contributed by atoms with E-state index in [1.807, 2.05) is 0 Å². The number of aromatic hydroxyl groups is 2. The summed E-state index contributed by atoms with van der Waals surface area (Å²) in [7, 11) is 4.45. The number of methoxy groups -OCH3 is 3. The fourth-order valence-corrected chi connectivity index (χ4v) is 2.55. The molecular weight excluding hydrogens is 326 g/mol. The van der Waals surface area contributed by atoms with Crippen LogP contribution in [0.3, 0.4) is 0 Å². The van der Waals surface area contributed by atoms with Gasteiger partial charge < -0.3 is 24.4 Å². The highest BCUT2D eigenvalue weighted by Crippen LogP contribution is 2.39. The van der Waals surface area contributed by atoms with Crippen LogP contribution in [0.15, 0.2) is 36.5 Å². The lowest BCUT2D eigenvalue weighted by Crippen LogP contribution is -2.03. The number of rotatable bonds is 5. The van der Waals surface area contributed by atoms with Crippen molar-refractivity contribution in [3.8, 4) is 45.7 Å². The maximum Gasteiger partial charge on any atom is 0.186 e. The molecule has 0 bridgehead atoms. The molecule has 0 aliphatic heterocycles. The summed E-state index contributed by atoms with van der Waals surface area (Å²) in [5.74, 6) is 1.10. The molecule has 2 aromatic carbocycles. The number of phenolic OH excluding ortho intramolecular Hbond substituents is 2. The summed E-state index contributed by atoms with van der Waals surface area (Å²) in [5, 5.41) is 28.0. The van der Waals surface area contributed by atoms with Gasteiger partial charge in [0.1, 0.15) is 11.4 Å². The zero-order chi connectivity index (χ0) is 18.0. The van der Waals surface area contributed by atoms with Crippen LogP contribution in [0.25, 0.3) is 16.9 Å². The second-order valence-corrected chi connectivity index (χ2v) is 5.12. The molecule has 3 aromatic rings. The normalized spacial score (nSPS) is 10.5. The molecule has 0 spiro atoms. The van der Waals surface area contributed by atoms with E-state index in [1.54, 1.807) is 18.2 Å². The maximum absolute atomic E-state index is 10.0. The Bertz CT molecular complexity index is 907. The largest absolute Gasteiger partial charge is 0.508 e. The lowest BCUT2D eigenvalue weighted by molar-refractivity contribution is 0.349. The molecule has 8 heteroatoms. The van der Waals surface area contributed by atoms with Gasteiger partial charge in [0.25, 0.3) is 0 Å². The smallest absolute Gasteiger partial charge is 0.186 e. The van der Waals surface area contributed by atoms with Gasteiger partial charge in [0.2, 0.25) is 0 Å². The minimum absolute atomic E-state index is 0.00629. The molecule has 0 aliphatic rings. The Morgan fingerprint density at radius 1 is 0.920 bits per heavy atom. The van der Waals surface area contributed by atoms with E-state index in [1.165, 1.54) is 44.3 Å². The highest BCUT2D eigenvalue weighted by molar-refractivity contribution is 5.68. The van der Waals surface area contributed by atoms with E-state index in [9.17, 15) is 10.2 Å². The number of hydrogen-bond donors (Lipinski definition) is 2. The number of aromatic nitrogens is 3. The third-order valence-electron chi connectivity index (χ3n) is 3.70. The van der Waals surface area contributed by atoms with Gasteiger partial charge in [0.15, 0.2) is 23.0 Å². The summed E-state index contributed by atoms with van der Waals surface area (Å²) >= 11 is 0. The van der Waals surface area contributed by atoms with Crippen molar-refractivity contribution in [2.75, 3.05) is 21.3 Å². The van der Waals surface area contributed by atoms with E-state index < -0.39 is 0 Å². The molecule has 130 valence electrons. The Kier molecular flexibility index (Phi) is 4.34. The summed E-state index contributed by atoms with van der Waals surface area (Å²) in [6, 6.07) is 7.88. The van der Waals surface area contributed by atoms with E-state index in [0.717, 1.165) is 0 Å². The number of ether oxygens (including phenoxy) is 3. The zero-order valence-corrected chi connectivity index (χ0v) is 13.9. The Balaban J connectivity index is 2.18. The molecule has 0 radical (unpaired) electrons. The van der Waals surface area contributed by atoms with Crippen molar-refractivity contribution in [3.63, 3.8) is 0 Å². The second kappa shape index (κ2) is 6.60. The number of hydrogen-bond acceptors (Lipinski definition) is 7. The molecular formula is C17H17N3O5. The number of phenols is 2. The van der Waals surface area contributed by atoms with Crippen LogP contribution in [-0.2, 0) is 0 Å². The Morgan fingerprint density at radius 2 is 1.68 bits per heavy atom. The van der Waals surface area contributed by atoms with Gasteiger partial charge in [-0.15, -0.1) is 5.10 Å². The van der Waals surface area contributed by atoms with Gasteiger partial charge in [-0.05, 0) is 18.2 Å². The van der Waals surface area contributed by atoms with E-state index in [-0.39, 0.29) is 11.5 Å². The average Bonchev–Trinajstić information content (AvgIpc) is 3.10. The summed E-state index contributed by atoms with van der Waals surface area (Å²) < 4.78 is 17.2. The Morgan fingerprint density at radius 3 is 2.32 bits per heavy atom. The summed E-state index contributed by atoms with van der Waals surface area (Å²) in [4.78, 5) is 0. The second-order valence-electron chi connectivity index (χ2n) is 5.12. The molecule has 8 nitrogen and oxygen atoms in total. The molecule has 0 saturated carbocycles. The van der Waals surface area contributed by atoms with E-state index in [2.05, 4.69) is 10.3 Å². The highest BCUT2D eigenvalue weighted by atomic mass is 16.5. The minimum atomic E-state index is -0.00771. The predicted molar refractivity (Wildman–Crippen MR) is 89.8 cm³/mol. The molecule has 0 aliphatic carbocycles. The monoisotopic (exact) mass is 343 g/mol. The van der Waals surface area contributed by atoms with E-state index in [0.29, 0.717) is 34.2 Å². The lowest BCUT2D eigenvalue weighted by Gasteiger charge is -2.15. The van der Waals surface area contributed by atoms with Crippen molar-refractivity contribution in [2.45, 2.75) is 0 Å². The van der Waals surface area contributed by atoms with Crippen LogP contribution < -0.4 is 14.2 Å². The van der Waals surface area contributed by atoms with Crippen LogP contribution in [-0.4, -0.2) is 46.5 Å². The van der Waals surface area contributed by atoms with E-state index in [4.69, 9.17) is 14.2 Å². The zero-order valence-electron chi connectivity index (χ0n) is 13.9. The number of benzene rings is 2. The topological polar surface area (TPSA) is 98.9 Å². The first-order chi connectivity index (χ1) is 12.1. The first kappa shape index (κ1) is 16.4. The molecule has 0 fully saturated rings. The van der Waals surface area contributed by atoms with Crippen LogP contribution >= 0.6 is 0 Å². The molecule has 0 unspecified atom stereocenters. The molecule has 0 saturated heterocycles. The van der Waals surface area contributed by atoms with Crippen molar-refractivity contribution < 1.29 is 24.4 Å². The Hall–Kier alpha value is -3.42. The van der Waals surface area contributed by atoms with Crippen LogP contribution in [0.4, 0.5) is 0 Å². The predicted octanol–water partition coefficient (Wildman–Crippen LogP) is 2.37. The van der Waals surface area contributed by atoms with Crippen LogP contribution in [0.5, 0.6) is 28.7 Å². The molecule has 25 heavy (non-hydrogen) atoms. The Labute approximate surface area is 143 Å². The molecule has 1 aromatic heterocycles. The van der Waals surface area contributed by atoms with Gasteiger partial charge in [0.05, 0.1) is 33.2 Å². The standard InChI is InChI=1S/C17H17N3O5/c1-23-15-5-4-10(6-14(15)22)13-9-18-19-20(13)12-7-11(21)8-16(24-2)17(12)25-3/h4-9,21-22H,1-3H3. The molecule has 0 amide bonds. The quantitative estimate of drug-likeness (QED) is 0.734. The van der Waals surface area contributed by atoms with Gasteiger partial charge in [0, 0.05) is 17.7 Å². The maximum atomic E-state index is 10.0. The van der Waals surface area contributed by atoms with Crippen molar-refractivity contribution >= 4 is 0 Å². The van der Waals surface area contributed by atoms with E-state index >= 15 is 0 Å². The minimum Gasteiger partial charge on any atom is -0.508 e. The molecule has 0 atom stereocenters. The first-order valence-corrected chi connectivity index (χ1v) is 7.32. The highest BCUT2D eigenvalue weighted by Gasteiger charge is 2.19. The van der Waals surface area contributed by atoms with Crippen LogP contribution in [0.2, 0.25) is 0 Å². The van der Waals surface area contributed by atoms with Gasteiger partial charge in [-0.2, -0.15) is 0 Å². The lowest BCUT2D eigenvalue weighted by atomic mass is 10.1. The van der Waals surface area contributed by atoms with Gasteiger partial charge in [-0.3, -0.25) is 0 Å². The van der Waals surface area contributed by atoms with Gasteiger partial charge >= 0.3 is 0 Å². The van der Waals surface area contributed by atoms with Gasteiger partial charge in [-0.1, -0.05) is 5.21 Å².